The smallest absolute Gasteiger partial charge is 0.159 e. The van der Waals surface area contributed by atoms with Crippen LogP contribution in [-0.2, 0) is 0 Å². The fourth-order valence-electron chi connectivity index (χ4n) is 2.31. The highest BCUT2D eigenvalue weighted by Gasteiger charge is 2.19. The third-order valence-corrected chi connectivity index (χ3v) is 3.39. The van der Waals surface area contributed by atoms with E-state index in [0.29, 0.717) is 6.04 Å². The second-order valence-electron chi connectivity index (χ2n) is 4.81. The lowest BCUT2D eigenvalue weighted by Gasteiger charge is -2.28. The van der Waals surface area contributed by atoms with Crippen LogP contribution in [0.5, 0.6) is 0 Å². The van der Waals surface area contributed by atoms with Crippen molar-refractivity contribution in [3.05, 3.63) is 35.4 Å². The molecule has 1 aromatic rings. The Morgan fingerprint density at radius 2 is 2.00 bits per heavy atom. The maximum Gasteiger partial charge on any atom is 0.159 e. The molecule has 1 aliphatic rings. The van der Waals surface area contributed by atoms with Crippen molar-refractivity contribution in [2.75, 3.05) is 6.54 Å². The number of nitrogens with one attached hydrogen (secondary N) is 1. The van der Waals surface area contributed by atoms with Crippen LogP contribution < -0.4 is 5.32 Å². The molecule has 2 nitrogen and oxygen atoms in total. The molecular formula is C14H19NO. The lowest BCUT2D eigenvalue weighted by molar-refractivity contribution is 0.101. The zero-order valence-electron chi connectivity index (χ0n) is 9.99. The van der Waals surface area contributed by atoms with E-state index in [2.05, 4.69) is 24.4 Å². The predicted molar refractivity (Wildman–Crippen MR) is 65.6 cm³/mol. The fourth-order valence-corrected chi connectivity index (χ4v) is 2.31. The summed E-state index contributed by atoms with van der Waals surface area (Å²) in [5.74, 6) is 0.926. The minimum atomic E-state index is 0.136. The molecule has 2 atom stereocenters. The molecule has 0 aromatic heterocycles. The van der Waals surface area contributed by atoms with Crippen LogP contribution in [0.1, 0.15) is 48.7 Å². The van der Waals surface area contributed by atoms with Crippen LogP contribution in [0.25, 0.3) is 0 Å². The fraction of sp³-hybridized carbons (Fsp3) is 0.500. The summed E-state index contributed by atoms with van der Waals surface area (Å²) in [7, 11) is 0. The van der Waals surface area contributed by atoms with Crippen molar-refractivity contribution in [1.82, 2.24) is 5.32 Å². The van der Waals surface area contributed by atoms with Gasteiger partial charge in [0.25, 0.3) is 0 Å². The molecule has 2 heteroatoms. The van der Waals surface area contributed by atoms with Gasteiger partial charge in [-0.25, -0.2) is 0 Å². The Morgan fingerprint density at radius 3 is 2.56 bits per heavy atom. The van der Waals surface area contributed by atoms with Crippen LogP contribution in [0.2, 0.25) is 0 Å². The molecule has 86 valence electrons. The van der Waals surface area contributed by atoms with Gasteiger partial charge in [0.15, 0.2) is 5.78 Å². The first-order valence-corrected chi connectivity index (χ1v) is 6.01. The van der Waals surface area contributed by atoms with Gasteiger partial charge in [0.1, 0.15) is 0 Å². The maximum absolute atomic E-state index is 11.2. The molecule has 0 bridgehead atoms. The number of hydrogen-bond acceptors (Lipinski definition) is 2. The number of carbonyl (C=O) groups is 1. The van der Waals surface area contributed by atoms with Crippen LogP contribution in [-0.4, -0.2) is 12.3 Å². The second kappa shape index (κ2) is 4.79. The highest BCUT2D eigenvalue weighted by molar-refractivity contribution is 5.94. The van der Waals surface area contributed by atoms with Gasteiger partial charge in [-0.15, -0.1) is 0 Å². The molecule has 1 N–H and O–H groups in total. The highest BCUT2D eigenvalue weighted by atomic mass is 16.1. The van der Waals surface area contributed by atoms with E-state index in [1.165, 1.54) is 18.4 Å². The van der Waals surface area contributed by atoms with Gasteiger partial charge < -0.3 is 5.32 Å². The molecule has 1 aromatic carbocycles. The molecule has 0 radical (unpaired) electrons. The molecule has 1 heterocycles. The van der Waals surface area contributed by atoms with E-state index in [9.17, 15) is 4.79 Å². The SMILES string of the molecule is CC(=O)c1ccc([C@@H]2C[C@H](C)CCN2)cc1. The third-order valence-electron chi connectivity index (χ3n) is 3.39. The Balaban J connectivity index is 2.11. The average Bonchev–Trinajstić information content (AvgIpc) is 2.29. The standard InChI is InChI=1S/C14H19NO/c1-10-7-8-15-14(9-10)13-5-3-12(4-6-13)11(2)16/h3-6,10,14-15H,7-9H2,1-2H3/t10-,14+/m1/s1. The number of Topliss-reactive ketones (excluding diaryl/α,β-unsaturated/α-hetero) is 1. The van der Waals surface area contributed by atoms with Gasteiger partial charge in [-0.3, -0.25) is 4.79 Å². The average molecular weight is 217 g/mol. The summed E-state index contributed by atoms with van der Waals surface area (Å²) in [5, 5.41) is 3.53. The molecule has 0 aliphatic carbocycles. The van der Waals surface area contributed by atoms with Crippen molar-refractivity contribution in [3.63, 3.8) is 0 Å². The van der Waals surface area contributed by atoms with Crippen molar-refractivity contribution < 1.29 is 4.79 Å². The molecule has 0 spiro atoms. The third kappa shape index (κ3) is 2.50. The normalized spacial score (nSPS) is 25.4. The summed E-state index contributed by atoms with van der Waals surface area (Å²) < 4.78 is 0. The summed E-state index contributed by atoms with van der Waals surface area (Å²) in [5.41, 5.74) is 2.10. The summed E-state index contributed by atoms with van der Waals surface area (Å²) in [6.07, 6.45) is 2.46. The summed E-state index contributed by atoms with van der Waals surface area (Å²) in [6.45, 7) is 5.01. The molecule has 16 heavy (non-hydrogen) atoms. The number of hydrogen-bond donors (Lipinski definition) is 1. The van der Waals surface area contributed by atoms with Gasteiger partial charge in [-0.2, -0.15) is 0 Å². The van der Waals surface area contributed by atoms with Crippen molar-refractivity contribution in [1.29, 1.82) is 0 Å². The molecule has 0 amide bonds. The van der Waals surface area contributed by atoms with Crippen LogP contribution in [0.3, 0.4) is 0 Å². The molecule has 1 fully saturated rings. The van der Waals surface area contributed by atoms with E-state index >= 15 is 0 Å². The van der Waals surface area contributed by atoms with Crippen molar-refractivity contribution in [3.8, 4) is 0 Å². The van der Waals surface area contributed by atoms with E-state index in [1.807, 2.05) is 12.1 Å². The van der Waals surface area contributed by atoms with Gasteiger partial charge >= 0.3 is 0 Å². The van der Waals surface area contributed by atoms with Crippen molar-refractivity contribution in [2.24, 2.45) is 5.92 Å². The monoisotopic (exact) mass is 217 g/mol. The zero-order chi connectivity index (χ0) is 11.5. The lowest BCUT2D eigenvalue weighted by Crippen LogP contribution is -2.30. The maximum atomic E-state index is 11.2. The molecule has 1 aliphatic heterocycles. The number of carbonyl (C=O) groups excluding carboxylic acids is 1. The van der Waals surface area contributed by atoms with E-state index in [1.54, 1.807) is 6.92 Å². The van der Waals surface area contributed by atoms with Crippen LogP contribution in [0.4, 0.5) is 0 Å². The van der Waals surface area contributed by atoms with Crippen LogP contribution >= 0.6 is 0 Å². The topological polar surface area (TPSA) is 29.1 Å². The first-order chi connectivity index (χ1) is 7.66. The van der Waals surface area contributed by atoms with Crippen molar-refractivity contribution in [2.45, 2.75) is 32.7 Å². The number of rotatable bonds is 2. The van der Waals surface area contributed by atoms with Crippen LogP contribution in [0.15, 0.2) is 24.3 Å². The second-order valence-corrected chi connectivity index (χ2v) is 4.81. The van der Waals surface area contributed by atoms with Crippen molar-refractivity contribution >= 4 is 5.78 Å². The Morgan fingerprint density at radius 1 is 1.31 bits per heavy atom. The van der Waals surface area contributed by atoms with E-state index < -0.39 is 0 Å². The predicted octanol–water partition coefficient (Wildman–Crippen LogP) is 2.95. The molecule has 0 saturated carbocycles. The van der Waals surface area contributed by atoms with E-state index in [0.717, 1.165) is 18.0 Å². The van der Waals surface area contributed by atoms with Gasteiger partial charge in [0.05, 0.1) is 0 Å². The Kier molecular flexibility index (Phi) is 3.39. The summed E-state index contributed by atoms with van der Waals surface area (Å²) in [4.78, 5) is 11.2. The molecular weight excluding hydrogens is 198 g/mol. The highest BCUT2D eigenvalue weighted by Crippen LogP contribution is 2.26. The zero-order valence-corrected chi connectivity index (χ0v) is 9.99. The molecule has 0 unspecified atom stereocenters. The largest absolute Gasteiger partial charge is 0.310 e. The Bertz CT molecular complexity index is 369. The Labute approximate surface area is 97.1 Å². The Hall–Kier alpha value is -1.15. The summed E-state index contributed by atoms with van der Waals surface area (Å²) in [6, 6.07) is 8.47. The molecule has 2 rings (SSSR count). The first kappa shape index (κ1) is 11.3. The van der Waals surface area contributed by atoms with Gasteiger partial charge in [0, 0.05) is 11.6 Å². The van der Waals surface area contributed by atoms with Gasteiger partial charge in [-0.1, -0.05) is 31.2 Å². The van der Waals surface area contributed by atoms with Crippen LogP contribution in [0, 0.1) is 5.92 Å². The van der Waals surface area contributed by atoms with E-state index in [4.69, 9.17) is 0 Å². The minimum absolute atomic E-state index is 0.136. The minimum Gasteiger partial charge on any atom is -0.310 e. The number of benzene rings is 1. The molecule has 1 saturated heterocycles. The van der Waals surface area contributed by atoms with Gasteiger partial charge in [-0.05, 0) is 37.8 Å². The number of ketones is 1. The number of piperidine rings is 1. The van der Waals surface area contributed by atoms with Gasteiger partial charge in [0.2, 0.25) is 0 Å². The quantitative estimate of drug-likeness (QED) is 0.772. The summed E-state index contributed by atoms with van der Waals surface area (Å²) >= 11 is 0. The lowest BCUT2D eigenvalue weighted by atomic mass is 9.90. The first-order valence-electron chi connectivity index (χ1n) is 6.01. The van der Waals surface area contributed by atoms with E-state index in [-0.39, 0.29) is 5.78 Å².